The molecule has 0 aromatic heterocycles. The average Bonchev–Trinajstić information content (AvgIpc) is 2.75. The summed E-state index contributed by atoms with van der Waals surface area (Å²) in [4.78, 5) is 64.0. The molecule has 13 nitrogen and oxygen atoms in total. The molecule has 0 aromatic rings. The predicted octanol–water partition coefficient (Wildman–Crippen LogP) is -2.26. The van der Waals surface area contributed by atoms with Crippen LogP contribution in [0, 0.1) is 0 Å². The molecule has 2 heterocycles. The van der Waals surface area contributed by atoms with Gasteiger partial charge in [0.1, 0.15) is 12.1 Å². The van der Waals surface area contributed by atoms with Gasteiger partial charge < -0.3 is 15.5 Å². The third kappa shape index (κ3) is 5.93. The van der Waals surface area contributed by atoms with Crippen molar-refractivity contribution in [2.75, 3.05) is 26.2 Å². The zero-order valence-electron chi connectivity index (χ0n) is 17.4. The molecule has 33 heavy (non-hydrogen) atoms. The van der Waals surface area contributed by atoms with Gasteiger partial charge in [-0.3, -0.25) is 28.6 Å². The minimum absolute atomic E-state index is 0. The molecule has 0 radical (unpaired) electrons. The van der Waals surface area contributed by atoms with Gasteiger partial charge in [-0.25, -0.2) is 9.10 Å². The van der Waals surface area contributed by atoms with Crippen molar-refractivity contribution in [1.29, 1.82) is 0 Å². The molecule has 15 heteroatoms. The first kappa shape index (κ1) is 27.2. The van der Waals surface area contributed by atoms with E-state index in [0.717, 1.165) is 17.7 Å². The molecule has 2 atom stereocenters. The molecule has 1 aliphatic carbocycles. The van der Waals surface area contributed by atoms with E-state index in [1.165, 1.54) is 4.90 Å². The number of allylic oxidation sites excluding steroid dienone is 1. The van der Waals surface area contributed by atoms with Gasteiger partial charge >= 0.3 is 57.7 Å². The first-order valence-electron chi connectivity index (χ1n) is 10.2. The number of piperazine rings is 1. The Morgan fingerprint density at radius 2 is 1.88 bits per heavy atom. The van der Waals surface area contributed by atoms with Crippen molar-refractivity contribution in [3.63, 3.8) is 0 Å². The van der Waals surface area contributed by atoms with Crippen molar-refractivity contribution >= 4 is 69.5 Å². The van der Waals surface area contributed by atoms with Crippen LogP contribution in [0.1, 0.15) is 32.6 Å². The van der Waals surface area contributed by atoms with Crippen molar-refractivity contribution in [1.82, 2.24) is 24.7 Å². The third-order valence-corrected chi connectivity index (χ3v) is 6.54. The second-order valence-electron chi connectivity index (χ2n) is 7.66. The second kappa shape index (κ2) is 11.0. The van der Waals surface area contributed by atoms with E-state index < -0.39 is 58.6 Å². The van der Waals surface area contributed by atoms with E-state index >= 15 is 0 Å². The van der Waals surface area contributed by atoms with Crippen LogP contribution in [0.15, 0.2) is 11.6 Å². The number of nitrogens with zero attached hydrogens (tertiary/aromatic N) is 3. The summed E-state index contributed by atoms with van der Waals surface area (Å²) >= 11 is 0. The molecule has 2 fully saturated rings. The number of rotatable bonds is 6. The number of amides is 6. The third-order valence-electron chi connectivity index (χ3n) is 5.65. The normalized spacial score (nSPS) is 22.1. The molecule has 2 unspecified atom stereocenters. The van der Waals surface area contributed by atoms with E-state index in [1.807, 2.05) is 0 Å². The van der Waals surface area contributed by atoms with Crippen LogP contribution in [0.3, 0.4) is 0 Å². The number of hydrogen-bond acceptors (Lipinski definition) is 7. The summed E-state index contributed by atoms with van der Waals surface area (Å²) in [5.41, 5.74) is 0.589. The molecule has 6 amide bonds. The number of carbonyl (C=O) groups is 5. The maximum atomic E-state index is 12.9. The number of likely N-dealkylation sites (N-methyl/N-ethyl adjacent to an activating group) is 1. The number of imide groups is 1. The zero-order chi connectivity index (χ0) is 23.6. The Bertz CT molecular complexity index is 984. The van der Waals surface area contributed by atoms with Gasteiger partial charge in [-0.1, -0.05) is 6.08 Å². The van der Waals surface area contributed by atoms with Crippen molar-refractivity contribution in [3.8, 4) is 0 Å². The minimum atomic E-state index is -4.71. The first-order chi connectivity index (χ1) is 15.0. The number of carbonyl (C=O) groups excluding carboxylic acids is 5. The van der Waals surface area contributed by atoms with Crippen LogP contribution in [0.2, 0.25) is 0 Å². The van der Waals surface area contributed by atoms with Gasteiger partial charge in [-0.05, 0) is 38.2 Å². The van der Waals surface area contributed by atoms with Gasteiger partial charge in [0.2, 0.25) is 5.91 Å². The summed E-state index contributed by atoms with van der Waals surface area (Å²) in [6, 6.07) is -3.29. The Labute approximate surface area is 213 Å². The van der Waals surface area contributed by atoms with Crippen molar-refractivity contribution in [2.45, 2.75) is 44.7 Å². The fourth-order valence-corrected chi connectivity index (χ4v) is 4.48. The van der Waals surface area contributed by atoms with E-state index in [4.69, 9.17) is 4.55 Å². The Kier molecular flexibility index (Phi) is 9.04. The Balaban J connectivity index is 0.00000385. The summed E-state index contributed by atoms with van der Waals surface area (Å²) in [6.07, 6.45) is 4.66. The van der Waals surface area contributed by atoms with Crippen LogP contribution in [-0.4, -0.2) is 125 Å². The van der Waals surface area contributed by atoms with Crippen LogP contribution in [-0.2, 0) is 29.5 Å². The van der Waals surface area contributed by atoms with E-state index in [1.54, 1.807) is 13.0 Å². The van der Waals surface area contributed by atoms with Gasteiger partial charge in [0.15, 0.2) is 0 Å². The maximum absolute atomic E-state index is 12.9. The number of nitrogens with one attached hydrogen (secondary N) is 2. The topological polar surface area (TPSA) is 173 Å². The average molecular weight is 495 g/mol. The summed E-state index contributed by atoms with van der Waals surface area (Å²) in [6.45, 7) is 1.75. The second-order valence-corrected chi connectivity index (χ2v) is 8.99. The quantitative estimate of drug-likeness (QED) is 0.122. The first-order valence-corrected chi connectivity index (χ1v) is 11.6. The number of urea groups is 1. The standard InChI is InChI=1S/C18H25N5O8S.Na.H/c1-2-21-8-9-22(17(27)16(21)26)18(28)20-13(11-6-4-3-5-7-11)14(24)19-12-10-23(15(12)25)32(29,30)31;;/h6,12-13H,2-5,7-10H2,1H3,(H,19,24)(H,20,28)(H,29,30,31);;. The monoisotopic (exact) mass is 495 g/mol. The van der Waals surface area contributed by atoms with Gasteiger partial charge in [-0.15, -0.1) is 0 Å². The Morgan fingerprint density at radius 3 is 2.42 bits per heavy atom. The molecular formula is C18H26N5NaO8S. The van der Waals surface area contributed by atoms with E-state index in [-0.39, 0.29) is 47.0 Å². The van der Waals surface area contributed by atoms with E-state index in [0.29, 0.717) is 25.0 Å². The van der Waals surface area contributed by atoms with Crippen molar-refractivity contribution in [3.05, 3.63) is 11.6 Å². The van der Waals surface area contributed by atoms with Gasteiger partial charge in [0, 0.05) is 19.6 Å². The molecule has 0 aromatic carbocycles. The Hall–Kier alpha value is -2.00. The molecule has 178 valence electrons. The molecule has 0 spiro atoms. The fraction of sp³-hybridized carbons (Fsp3) is 0.611. The molecule has 0 saturated carbocycles. The summed E-state index contributed by atoms with van der Waals surface area (Å²) in [5, 5.41) is 4.84. The van der Waals surface area contributed by atoms with Crippen LogP contribution >= 0.6 is 0 Å². The zero-order valence-corrected chi connectivity index (χ0v) is 18.3. The number of hydrogen-bond donors (Lipinski definition) is 3. The van der Waals surface area contributed by atoms with Crippen molar-refractivity contribution < 1.29 is 36.9 Å². The predicted molar refractivity (Wildman–Crippen MR) is 115 cm³/mol. The number of β-lactam (4-membered cyclic amide) rings is 1. The molecule has 3 N–H and O–H groups in total. The molecule has 3 rings (SSSR count). The van der Waals surface area contributed by atoms with E-state index in [9.17, 15) is 32.4 Å². The van der Waals surface area contributed by atoms with Gasteiger partial charge in [0.25, 0.3) is 5.91 Å². The van der Waals surface area contributed by atoms with Gasteiger partial charge in [-0.2, -0.15) is 8.42 Å². The van der Waals surface area contributed by atoms with Crippen LogP contribution < -0.4 is 10.6 Å². The summed E-state index contributed by atoms with van der Waals surface area (Å²) < 4.78 is 31.3. The van der Waals surface area contributed by atoms with Crippen LogP contribution in [0.5, 0.6) is 0 Å². The van der Waals surface area contributed by atoms with Crippen molar-refractivity contribution in [2.24, 2.45) is 0 Å². The molecule has 0 bridgehead atoms. The molecule has 3 aliphatic rings. The summed E-state index contributed by atoms with van der Waals surface area (Å²) in [7, 11) is -4.71. The van der Waals surface area contributed by atoms with E-state index in [2.05, 4.69) is 10.6 Å². The fourth-order valence-electron chi connectivity index (χ4n) is 3.79. The SMILES string of the molecule is CCN1CCN(C(=O)NC(C(=O)NC2CN(S(=O)(=O)O)C2=O)C2=CCCCC2)C(=O)C1=O.[NaH]. The molecule has 2 aliphatic heterocycles. The van der Waals surface area contributed by atoms with Crippen LogP contribution in [0.25, 0.3) is 0 Å². The Morgan fingerprint density at radius 1 is 1.18 bits per heavy atom. The van der Waals surface area contributed by atoms with Gasteiger partial charge in [0.05, 0.1) is 6.54 Å². The van der Waals surface area contributed by atoms with Crippen LogP contribution in [0.4, 0.5) is 4.79 Å². The molecule has 2 saturated heterocycles. The summed E-state index contributed by atoms with van der Waals surface area (Å²) in [5.74, 6) is -3.56. The molecular weight excluding hydrogens is 469 g/mol.